The lowest BCUT2D eigenvalue weighted by atomic mass is 9.96. The van der Waals surface area contributed by atoms with E-state index in [1.807, 2.05) is 13.2 Å². The number of nitrogens with one attached hydrogen (secondary N) is 1. The predicted molar refractivity (Wildman–Crippen MR) is 67.9 cm³/mol. The minimum absolute atomic E-state index is 0.0340. The van der Waals surface area contributed by atoms with Gasteiger partial charge >= 0.3 is 0 Å². The molecule has 0 unspecified atom stereocenters. The Labute approximate surface area is 101 Å². The van der Waals surface area contributed by atoms with E-state index in [0.29, 0.717) is 0 Å². The van der Waals surface area contributed by atoms with Crippen molar-refractivity contribution in [2.75, 3.05) is 30.4 Å². The predicted octanol–water partition coefficient (Wildman–Crippen LogP) is 0.825. The van der Waals surface area contributed by atoms with Gasteiger partial charge in [0.15, 0.2) is 0 Å². The van der Waals surface area contributed by atoms with Gasteiger partial charge in [-0.25, -0.2) is 0 Å². The van der Waals surface area contributed by atoms with Crippen LogP contribution in [0.4, 0.5) is 11.4 Å². The molecule has 1 aliphatic rings. The molecule has 0 bridgehead atoms. The van der Waals surface area contributed by atoms with Gasteiger partial charge in [-0.05, 0) is 18.9 Å². The Bertz CT molecular complexity index is 399. The summed E-state index contributed by atoms with van der Waals surface area (Å²) in [6, 6.07) is 2.07. The molecule has 5 heteroatoms. The monoisotopic (exact) mass is 234 g/mol. The summed E-state index contributed by atoms with van der Waals surface area (Å²) >= 11 is 0. The van der Waals surface area contributed by atoms with Gasteiger partial charge in [0.05, 0.1) is 23.8 Å². The first-order valence-electron chi connectivity index (χ1n) is 5.88. The first-order chi connectivity index (χ1) is 8.20. The van der Waals surface area contributed by atoms with Crippen LogP contribution in [-0.2, 0) is 4.79 Å². The van der Waals surface area contributed by atoms with Gasteiger partial charge in [-0.2, -0.15) is 0 Å². The van der Waals surface area contributed by atoms with E-state index in [4.69, 9.17) is 5.73 Å². The average Bonchev–Trinajstić information content (AvgIpc) is 2.39. The Balaban J connectivity index is 2.02. The number of amides is 1. The number of piperidine rings is 1. The molecular formula is C12H18N4O. The molecule has 0 aromatic carbocycles. The topological polar surface area (TPSA) is 71.2 Å². The van der Waals surface area contributed by atoms with Gasteiger partial charge in [-0.1, -0.05) is 0 Å². The molecule has 2 heterocycles. The highest BCUT2D eigenvalue weighted by atomic mass is 16.1. The summed E-state index contributed by atoms with van der Waals surface area (Å²) in [5.41, 5.74) is 7.41. The van der Waals surface area contributed by atoms with Crippen molar-refractivity contribution in [3.05, 3.63) is 18.5 Å². The van der Waals surface area contributed by atoms with Crippen molar-refractivity contribution in [1.82, 2.24) is 4.98 Å². The highest BCUT2D eigenvalue weighted by molar-refractivity contribution is 5.77. The van der Waals surface area contributed by atoms with Gasteiger partial charge in [-0.15, -0.1) is 0 Å². The van der Waals surface area contributed by atoms with Crippen LogP contribution >= 0.6 is 0 Å². The minimum atomic E-state index is -0.174. The third kappa shape index (κ3) is 2.67. The third-order valence-corrected chi connectivity index (χ3v) is 3.27. The number of anilines is 2. The lowest BCUT2D eigenvalue weighted by Crippen LogP contribution is -2.38. The second-order valence-electron chi connectivity index (χ2n) is 4.35. The normalized spacial score (nSPS) is 16.9. The highest BCUT2D eigenvalue weighted by Gasteiger charge is 2.23. The van der Waals surface area contributed by atoms with Gasteiger partial charge in [0.25, 0.3) is 0 Å². The maximum Gasteiger partial charge on any atom is 0.220 e. The minimum Gasteiger partial charge on any atom is -0.387 e. The van der Waals surface area contributed by atoms with E-state index in [0.717, 1.165) is 37.3 Å². The fourth-order valence-electron chi connectivity index (χ4n) is 2.16. The standard InChI is InChI=1S/C12H18N4O/c1-14-10-6-11(8-15-7-10)16-4-2-9(3-5-16)12(13)17/h6-9,14H,2-5H2,1H3,(H2,13,17). The Hall–Kier alpha value is -1.78. The number of pyridine rings is 1. The van der Waals surface area contributed by atoms with Crippen LogP contribution in [0.15, 0.2) is 18.5 Å². The zero-order valence-electron chi connectivity index (χ0n) is 10.0. The van der Waals surface area contributed by atoms with Gasteiger partial charge in [0, 0.05) is 26.1 Å². The summed E-state index contributed by atoms with van der Waals surface area (Å²) in [5, 5.41) is 3.07. The van der Waals surface area contributed by atoms with E-state index in [1.165, 1.54) is 0 Å². The van der Waals surface area contributed by atoms with Crippen molar-refractivity contribution < 1.29 is 4.79 Å². The number of rotatable bonds is 3. The quantitative estimate of drug-likeness (QED) is 0.812. The first kappa shape index (κ1) is 11.7. The molecule has 2 rings (SSSR count). The smallest absolute Gasteiger partial charge is 0.220 e. The summed E-state index contributed by atoms with van der Waals surface area (Å²) in [6.45, 7) is 1.73. The van der Waals surface area contributed by atoms with Crippen LogP contribution in [0.25, 0.3) is 0 Å². The summed E-state index contributed by atoms with van der Waals surface area (Å²) in [6.07, 6.45) is 5.31. The van der Waals surface area contributed by atoms with E-state index in [2.05, 4.69) is 21.3 Å². The number of carbonyl (C=O) groups excluding carboxylic acids is 1. The van der Waals surface area contributed by atoms with E-state index in [1.54, 1.807) is 6.20 Å². The fraction of sp³-hybridized carbons (Fsp3) is 0.500. The molecule has 17 heavy (non-hydrogen) atoms. The molecule has 0 saturated carbocycles. The number of nitrogens with zero attached hydrogens (tertiary/aromatic N) is 2. The molecule has 1 saturated heterocycles. The molecule has 3 N–H and O–H groups in total. The van der Waals surface area contributed by atoms with E-state index in [9.17, 15) is 4.79 Å². The zero-order chi connectivity index (χ0) is 12.3. The molecule has 1 fully saturated rings. The highest BCUT2D eigenvalue weighted by Crippen LogP contribution is 2.24. The largest absolute Gasteiger partial charge is 0.387 e. The van der Waals surface area contributed by atoms with Crippen LogP contribution in [0, 0.1) is 5.92 Å². The number of hydrogen-bond acceptors (Lipinski definition) is 4. The number of primary amides is 1. The molecular weight excluding hydrogens is 216 g/mol. The van der Waals surface area contributed by atoms with Gasteiger partial charge in [0.2, 0.25) is 5.91 Å². The van der Waals surface area contributed by atoms with Gasteiger partial charge < -0.3 is 16.0 Å². The zero-order valence-corrected chi connectivity index (χ0v) is 10.0. The molecule has 0 radical (unpaired) electrons. The first-order valence-corrected chi connectivity index (χ1v) is 5.88. The number of hydrogen-bond donors (Lipinski definition) is 2. The second kappa shape index (κ2) is 5.03. The van der Waals surface area contributed by atoms with Crippen molar-refractivity contribution in [3.63, 3.8) is 0 Å². The fourth-order valence-corrected chi connectivity index (χ4v) is 2.16. The van der Waals surface area contributed by atoms with Crippen LogP contribution in [-0.4, -0.2) is 31.0 Å². The molecule has 1 aromatic rings. The maximum atomic E-state index is 11.1. The number of aromatic nitrogens is 1. The SMILES string of the molecule is CNc1cncc(N2CCC(C(N)=O)CC2)c1. The molecule has 0 atom stereocenters. The van der Waals surface area contributed by atoms with Crippen LogP contribution in [0.1, 0.15) is 12.8 Å². The van der Waals surface area contributed by atoms with Gasteiger partial charge in [0.1, 0.15) is 0 Å². The van der Waals surface area contributed by atoms with E-state index in [-0.39, 0.29) is 11.8 Å². The van der Waals surface area contributed by atoms with Crippen molar-refractivity contribution >= 4 is 17.3 Å². The summed E-state index contributed by atoms with van der Waals surface area (Å²) in [4.78, 5) is 17.5. The number of nitrogens with two attached hydrogens (primary N) is 1. The third-order valence-electron chi connectivity index (χ3n) is 3.27. The van der Waals surface area contributed by atoms with Crippen LogP contribution in [0.2, 0.25) is 0 Å². The van der Waals surface area contributed by atoms with Crippen molar-refractivity contribution in [2.24, 2.45) is 11.7 Å². The van der Waals surface area contributed by atoms with E-state index < -0.39 is 0 Å². The molecule has 5 nitrogen and oxygen atoms in total. The lowest BCUT2D eigenvalue weighted by molar-refractivity contribution is -0.122. The van der Waals surface area contributed by atoms with Gasteiger partial charge in [-0.3, -0.25) is 9.78 Å². The summed E-state index contributed by atoms with van der Waals surface area (Å²) < 4.78 is 0. The molecule has 92 valence electrons. The molecule has 1 aromatic heterocycles. The van der Waals surface area contributed by atoms with Crippen molar-refractivity contribution in [3.8, 4) is 0 Å². The number of carbonyl (C=O) groups is 1. The van der Waals surface area contributed by atoms with Crippen LogP contribution in [0.3, 0.4) is 0 Å². The molecule has 1 amide bonds. The second-order valence-corrected chi connectivity index (χ2v) is 4.35. The van der Waals surface area contributed by atoms with Crippen LogP contribution < -0.4 is 16.0 Å². The average molecular weight is 234 g/mol. The van der Waals surface area contributed by atoms with E-state index >= 15 is 0 Å². The molecule has 0 aliphatic carbocycles. The van der Waals surface area contributed by atoms with Crippen molar-refractivity contribution in [2.45, 2.75) is 12.8 Å². The summed E-state index contributed by atoms with van der Waals surface area (Å²) in [7, 11) is 1.88. The Morgan fingerprint density at radius 3 is 2.76 bits per heavy atom. The maximum absolute atomic E-state index is 11.1. The van der Waals surface area contributed by atoms with Crippen LogP contribution in [0.5, 0.6) is 0 Å². The summed E-state index contributed by atoms with van der Waals surface area (Å²) in [5.74, 6) is -0.140. The Morgan fingerprint density at radius 2 is 2.18 bits per heavy atom. The lowest BCUT2D eigenvalue weighted by Gasteiger charge is -2.32. The van der Waals surface area contributed by atoms with Crippen molar-refractivity contribution in [1.29, 1.82) is 0 Å². The molecule has 1 aliphatic heterocycles. The Morgan fingerprint density at radius 1 is 1.47 bits per heavy atom. The molecule has 0 spiro atoms. The Kier molecular flexibility index (Phi) is 3.46.